The molecule has 0 spiro atoms. The van der Waals surface area contributed by atoms with E-state index in [0.717, 1.165) is 16.8 Å². The molecule has 3 aromatic carbocycles. The molecule has 3 rings (SSSR count). The lowest BCUT2D eigenvalue weighted by atomic mass is 9.98. The molecular formula is C18H14ClNO2. The predicted octanol–water partition coefficient (Wildman–Crippen LogP) is 3.96. The fourth-order valence-corrected chi connectivity index (χ4v) is 2.72. The third-order valence-electron chi connectivity index (χ3n) is 3.53. The van der Waals surface area contributed by atoms with E-state index in [0.29, 0.717) is 21.8 Å². The zero-order valence-corrected chi connectivity index (χ0v) is 13.0. The number of benzene rings is 2. The van der Waals surface area contributed by atoms with Gasteiger partial charge in [0.05, 0.1) is 5.56 Å². The Morgan fingerprint density at radius 2 is 1.45 bits per heavy atom. The van der Waals surface area contributed by atoms with E-state index in [1.165, 1.54) is 0 Å². The lowest BCUT2D eigenvalue weighted by Crippen LogP contribution is -2.35. The zero-order chi connectivity index (χ0) is 15.9. The number of nitrogens with one attached hydrogen (secondary N) is 1. The summed E-state index contributed by atoms with van der Waals surface area (Å²) in [4.78, 5) is 23.8. The van der Waals surface area contributed by atoms with E-state index in [4.69, 9.17) is 11.6 Å². The topological polar surface area (TPSA) is 46.2 Å². The smallest absolute Gasteiger partial charge is 0.250 e. The minimum Gasteiger partial charge on any atom is -0.352 e. The lowest BCUT2D eigenvalue weighted by molar-refractivity contribution is 1.34. The van der Waals surface area contributed by atoms with Crippen LogP contribution in [0.15, 0.2) is 52.1 Å². The van der Waals surface area contributed by atoms with Crippen LogP contribution in [0.25, 0.3) is 11.1 Å². The Kier molecular flexibility index (Phi) is 3.59. The Labute approximate surface area is 132 Å². The molecule has 0 heterocycles. The highest BCUT2D eigenvalue weighted by Gasteiger charge is 2.22. The lowest BCUT2D eigenvalue weighted by Gasteiger charge is -2.14. The average molecular weight is 312 g/mol. The molecule has 0 aliphatic heterocycles. The number of aryl methyl sites for hydroxylation is 2. The molecule has 3 nitrogen and oxygen atoms in total. The third-order valence-corrected chi connectivity index (χ3v) is 3.79. The summed E-state index contributed by atoms with van der Waals surface area (Å²) in [5.74, 6) is 0. The molecule has 1 N–H and O–H groups in total. The van der Waals surface area contributed by atoms with E-state index in [1.807, 2.05) is 32.0 Å². The minimum absolute atomic E-state index is 0.345. The van der Waals surface area contributed by atoms with Gasteiger partial charge in [0.2, 0.25) is 5.43 Å². The van der Waals surface area contributed by atoms with Crippen molar-refractivity contribution >= 4 is 23.0 Å². The molecule has 0 aromatic heterocycles. The Hall–Kier alpha value is -2.39. The van der Waals surface area contributed by atoms with Crippen LogP contribution in [-0.4, -0.2) is 0 Å². The third kappa shape index (κ3) is 2.55. The largest absolute Gasteiger partial charge is 0.352 e. The van der Waals surface area contributed by atoms with E-state index < -0.39 is 10.9 Å². The van der Waals surface area contributed by atoms with Crippen LogP contribution in [0.1, 0.15) is 11.1 Å². The van der Waals surface area contributed by atoms with Gasteiger partial charge in [0.25, 0.3) is 5.43 Å². The van der Waals surface area contributed by atoms with Crippen molar-refractivity contribution in [2.24, 2.45) is 0 Å². The normalized spacial score (nSPS) is 10.9. The van der Waals surface area contributed by atoms with Crippen LogP contribution < -0.4 is 16.2 Å². The van der Waals surface area contributed by atoms with Gasteiger partial charge in [0, 0.05) is 10.7 Å². The van der Waals surface area contributed by atoms with Crippen molar-refractivity contribution in [2.45, 2.75) is 13.8 Å². The summed E-state index contributed by atoms with van der Waals surface area (Å²) in [6, 6.07) is 12.8. The van der Waals surface area contributed by atoms with E-state index in [1.54, 1.807) is 24.3 Å². The zero-order valence-electron chi connectivity index (χ0n) is 12.2. The Morgan fingerprint density at radius 1 is 0.864 bits per heavy atom. The number of hydrogen-bond donors (Lipinski definition) is 1. The summed E-state index contributed by atoms with van der Waals surface area (Å²) >= 11 is 5.86. The Balaban J connectivity index is 2.02. The van der Waals surface area contributed by atoms with Gasteiger partial charge in [0.15, 0.2) is 0 Å². The van der Waals surface area contributed by atoms with Crippen molar-refractivity contribution in [3.63, 3.8) is 0 Å². The summed E-state index contributed by atoms with van der Waals surface area (Å²) in [7, 11) is 0. The predicted molar refractivity (Wildman–Crippen MR) is 91.0 cm³/mol. The van der Waals surface area contributed by atoms with Crippen molar-refractivity contribution in [3.8, 4) is 11.1 Å². The molecule has 4 heteroatoms. The van der Waals surface area contributed by atoms with Gasteiger partial charge in [0.1, 0.15) is 5.69 Å². The van der Waals surface area contributed by atoms with Crippen LogP contribution in [-0.2, 0) is 0 Å². The number of hydrogen-bond acceptors (Lipinski definition) is 3. The fraction of sp³-hybridized carbons (Fsp3) is 0.111. The molecule has 0 saturated heterocycles. The standard InChI is InChI=1S/C18H14ClNO2/c1-10-7-11(2)9-14(8-10)20-16-15(17(21)18(16)22)12-3-5-13(19)6-4-12/h3-9,20H,1-2H3. The highest BCUT2D eigenvalue weighted by Crippen LogP contribution is 2.28. The molecule has 0 bridgehead atoms. The van der Waals surface area contributed by atoms with Crippen molar-refractivity contribution in [1.82, 2.24) is 0 Å². The van der Waals surface area contributed by atoms with Gasteiger partial charge in [-0.3, -0.25) is 9.59 Å². The summed E-state index contributed by atoms with van der Waals surface area (Å²) < 4.78 is 0. The number of rotatable bonds is 3. The van der Waals surface area contributed by atoms with E-state index >= 15 is 0 Å². The van der Waals surface area contributed by atoms with E-state index in [9.17, 15) is 9.59 Å². The summed E-state index contributed by atoms with van der Waals surface area (Å²) in [6.07, 6.45) is 0. The van der Waals surface area contributed by atoms with Crippen molar-refractivity contribution in [2.75, 3.05) is 5.32 Å². The quantitative estimate of drug-likeness (QED) is 0.745. The molecule has 0 radical (unpaired) electrons. The maximum atomic E-state index is 11.9. The first kappa shape index (κ1) is 14.5. The molecule has 0 amide bonds. The SMILES string of the molecule is Cc1cc(C)cc(Nc2c(-c3ccc(Cl)cc3)c(=O)c2=O)c1. The van der Waals surface area contributed by atoms with Gasteiger partial charge >= 0.3 is 0 Å². The second kappa shape index (κ2) is 5.43. The average Bonchev–Trinajstić information content (AvgIpc) is 2.47. The fourth-order valence-electron chi connectivity index (χ4n) is 2.59. The van der Waals surface area contributed by atoms with Gasteiger partial charge < -0.3 is 5.32 Å². The second-order valence-corrected chi connectivity index (χ2v) is 5.85. The summed E-state index contributed by atoms with van der Waals surface area (Å²) in [5.41, 5.74) is 3.50. The first-order valence-electron chi connectivity index (χ1n) is 6.90. The maximum absolute atomic E-state index is 11.9. The van der Waals surface area contributed by atoms with Crippen molar-refractivity contribution in [3.05, 3.63) is 79.1 Å². The van der Waals surface area contributed by atoms with Crippen molar-refractivity contribution < 1.29 is 0 Å². The Morgan fingerprint density at radius 3 is 2.05 bits per heavy atom. The molecule has 0 aliphatic carbocycles. The highest BCUT2D eigenvalue weighted by molar-refractivity contribution is 6.30. The van der Waals surface area contributed by atoms with Crippen LogP contribution in [0.4, 0.5) is 11.4 Å². The van der Waals surface area contributed by atoms with Gasteiger partial charge in [-0.25, -0.2) is 0 Å². The van der Waals surface area contributed by atoms with Crippen LogP contribution in [0.2, 0.25) is 5.02 Å². The second-order valence-electron chi connectivity index (χ2n) is 5.42. The molecule has 0 aliphatic rings. The first-order valence-corrected chi connectivity index (χ1v) is 7.28. The number of halogens is 1. The van der Waals surface area contributed by atoms with Crippen LogP contribution in [0.3, 0.4) is 0 Å². The molecule has 0 atom stereocenters. The molecule has 22 heavy (non-hydrogen) atoms. The molecule has 0 saturated carbocycles. The van der Waals surface area contributed by atoms with E-state index in [-0.39, 0.29) is 0 Å². The van der Waals surface area contributed by atoms with Gasteiger partial charge in [-0.05, 0) is 54.8 Å². The summed E-state index contributed by atoms with van der Waals surface area (Å²) in [6.45, 7) is 3.97. The first-order chi connectivity index (χ1) is 10.5. The van der Waals surface area contributed by atoms with E-state index in [2.05, 4.69) is 5.32 Å². The van der Waals surface area contributed by atoms with Gasteiger partial charge in [-0.2, -0.15) is 0 Å². The van der Waals surface area contributed by atoms with Crippen molar-refractivity contribution in [1.29, 1.82) is 0 Å². The maximum Gasteiger partial charge on any atom is 0.250 e. The molecule has 110 valence electrons. The molecule has 0 unspecified atom stereocenters. The van der Waals surface area contributed by atoms with Gasteiger partial charge in [-0.15, -0.1) is 0 Å². The molecule has 3 aromatic rings. The number of anilines is 2. The molecule has 0 fully saturated rings. The minimum atomic E-state index is -0.482. The summed E-state index contributed by atoms with van der Waals surface area (Å²) in [5, 5.41) is 3.67. The monoisotopic (exact) mass is 311 g/mol. The van der Waals surface area contributed by atoms with Gasteiger partial charge in [-0.1, -0.05) is 29.8 Å². The van der Waals surface area contributed by atoms with Crippen LogP contribution in [0.5, 0.6) is 0 Å². The highest BCUT2D eigenvalue weighted by atomic mass is 35.5. The van der Waals surface area contributed by atoms with Crippen LogP contribution in [0, 0.1) is 13.8 Å². The van der Waals surface area contributed by atoms with Crippen LogP contribution >= 0.6 is 11.6 Å². The molecular weight excluding hydrogens is 298 g/mol. The Bertz CT molecular complexity index is 899.